The Morgan fingerprint density at radius 3 is 2.55 bits per heavy atom. The van der Waals surface area contributed by atoms with E-state index >= 15 is 0 Å². The molecule has 0 radical (unpaired) electrons. The van der Waals surface area contributed by atoms with Crippen LogP contribution in [0.15, 0.2) is 16.9 Å². The summed E-state index contributed by atoms with van der Waals surface area (Å²) in [6.07, 6.45) is 0.0676. The summed E-state index contributed by atoms with van der Waals surface area (Å²) in [5.74, 6) is -0.792. The van der Waals surface area contributed by atoms with Crippen LogP contribution in [0, 0.1) is 0 Å². The minimum atomic E-state index is -0.731. The first kappa shape index (κ1) is 19.2. The number of aromatic nitrogens is 2. The van der Waals surface area contributed by atoms with E-state index in [-0.39, 0.29) is 24.4 Å². The molecule has 1 aromatic carbocycles. The van der Waals surface area contributed by atoms with E-state index in [2.05, 4.69) is 5.32 Å². The molecule has 154 valence electrons. The number of carbonyl (C=O) groups is 3. The number of imidazole rings is 1. The number of ether oxygens (including phenoxy) is 1. The van der Waals surface area contributed by atoms with Crippen LogP contribution < -0.4 is 11.0 Å². The highest BCUT2D eigenvalue weighted by atomic mass is 16.6. The average Bonchev–Trinajstić information content (AvgIpc) is 3.15. The Morgan fingerprint density at radius 1 is 1.17 bits per heavy atom. The van der Waals surface area contributed by atoms with Gasteiger partial charge < -0.3 is 4.74 Å². The molecule has 2 aromatic rings. The van der Waals surface area contributed by atoms with Gasteiger partial charge in [-0.1, -0.05) is 6.07 Å². The lowest BCUT2D eigenvalue weighted by Crippen LogP contribution is -2.44. The molecule has 1 atom stereocenters. The van der Waals surface area contributed by atoms with E-state index in [0.29, 0.717) is 24.1 Å². The molecule has 1 unspecified atom stereocenters. The fourth-order valence-corrected chi connectivity index (χ4v) is 4.06. The molecular weight excluding hydrogens is 376 g/mol. The molecule has 3 amide bonds. The predicted molar refractivity (Wildman–Crippen MR) is 104 cm³/mol. The molecule has 0 spiro atoms. The van der Waals surface area contributed by atoms with Crippen LogP contribution in [0.3, 0.4) is 0 Å². The van der Waals surface area contributed by atoms with E-state index in [4.69, 9.17) is 4.74 Å². The number of aryl methyl sites for hydroxylation is 1. The minimum Gasteiger partial charge on any atom is -0.444 e. The SMILES string of the molecule is Cn1c(=O)n(C2CCC(=O)NC2=O)c2ccc3c(c21)CN(C(=O)OC(C)(C)C)C3. The number of fused-ring (bicyclic) bond motifs is 3. The van der Waals surface area contributed by atoms with Crippen LogP contribution in [0.4, 0.5) is 4.79 Å². The molecule has 0 saturated carbocycles. The van der Waals surface area contributed by atoms with Gasteiger partial charge in [0.1, 0.15) is 11.6 Å². The summed E-state index contributed by atoms with van der Waals surface area (Å²) in [4.78, 5) is 50.9. The van der Waals surface area contributed by atoms with Gasteiger partial charge in [0.15, 0.2) is 0 Å². The van der Waals surface area contributed by atoms with Gasteiger partial charge in [-0.05, 0) is 38.8 Å². The van der Waals surface area contributed by atoms with Gasteiger partial charge in [-0.3, -0.25) is 28.9 Å². The highest BCUT2D eigenvalue weighted by Gasteiger charge is 2.34. The van der Waals surface area contributed by atoms with Crippen molar-refractivity contribution < 1.29 is 19.1 Å². The lowest BCUT2D eigenvalue weighted by atomic mass is 10.0. The van der Waals surface area contributed by atoms with E-state index in [0.717, 1.165) is 11.1 Å². The lowest BCUT2D eigenvalue weighted by molar-refractivity contribution is -0.135. The average molecular weight is 400 g/mol. The highest BCUT2D eigenvalue weighted by Crippen LogP contribution is 2.32. The van der Waals surface area contributed by atoms with Crippen molar-refractivity contribution >= 4 is 28.9 Å². The standard InChI is InChI=1S/C20H24N4O5/c1-20(2,3)29-19(28)23-9-11-5-6-13-16(12(11)10-23)22(4)18(27)24(13)14-7-8-15(25)21-17(14)26/h5-6,14H,7-10H2,1-4H3,(H,21,25,26). The zero-order valence-electron chi connectivity index (χ0n) is 16.9. The van der Waals surface area contributed by atoms with Crippen LogP contribution in [0.25, 0.3) is 11.0 Å². The van der Waals surface area contributed by atoms with Gasteiger partial charge in [-0.15, -0.1) is 0 Å². The monoisotopic (exact) mass is 400 g/mol. The summed E-state index contributed by atoms with van der Waals surface area (Å²) in [7, 11) is 1.66. The molecule has 0 aliphatic carbocycles. The molecule has 29 heavy (non-hydrogen) atoms. The Labute approximate surface area is 167 Å². The van der Waals surface area contributed by atoms with Crippen LogP contribution in [0.2, 0.25) is 0 Å². The molecule has 2 aliphatic heterocycles. The second-order valence-corrected chi connectivity index (χ2v) is 8.59. The van der Waals surface area contributed by atoms with Gasteiger partial charge in [0.25, 0.3) is 0 Å². The van der Waals surface area contributed by atoms with Gasteiger partial charge in [-0.2, -0.15) is 0 Å². The summed E-state index contributed by atoms with van der Waals surface area (Å²) < 4.78 is 8.43. The maximum absolute atomic E-state index is 13.0. The van der Waals surface area contributed by atoms with Crippen LogP contribution in [0.5, 0.6) is 0 Å². The first-order valence-electron chi connectivity index (χ1n) is 9.60. The minimum absolute atomic E-state index is 0.191. The third-order valence-electron chi connectivity index (χ3n) is 5.33. The van der Waals surface area contributed by atoms with Gasteiger partial charge in [0.2, 0.25) is 11.8 Å². The van der Waals surface area contributed by atoms with E-state index < -0.39 is 23.6 Å². The first-order chi connectivity index (χ1) is 13.6. The largest absolute Gasteiger partial charge is 0.444 e. The maximum atomic E-state index is 13.0. The Hall–Kier alpha value is -3.10. The zero-order valence-corrected chi connectivity index (χ0v) is 16.9. The molecule has 1 aromatic heterocycles. The molecule has 3 heterocycles. The van der Waals surface area contributed by atoms with Crippen molar-refractivity contribution in [2.75, 3.05) is 0 Å². The second-order valence-electron chi connectivity index (χ2n) is 8.59. The quantitative estimate of drug-likeness (QED) is 0.732. The summed E-state index contributed by atoms with van der Waals surface area (Å²) in [5.41, 5.74) is 2.22. The van der Waals surface area contributed by atoms with Crippen molar-refractivity contribution in [1.29, 1.82) is 0 Å². The molecular formula is C20H24N4O5. The number of hydrogen-bond donors (Lipinski definition) is 1. The van der Waals surface area contributed by atoms with Crippen LogP contribution in [0.1, 0.15) is 50.8 Å². The Morgan fingerprint density at radius 2 is 1.90 bits per heavy atom. The molecule has 4 rings (SSSR count). The van der Waals surface area contributed by atoms with E-state index in [1.165, 1.54) is 9.13 Å². The highest BCUT2D eigenvalue weighted by molar-refractivity contribution is 6.00. The molecule has 1 fully saturated rings. The number of rotatable bonds is 1. The molecule has 9 nitrogen and oxygen atoms in total. The molecule has 9 heteroatoms. The van der Waals surface area contributed by atoms with E-state index in [1.807, 2.05) is 26.8 Å². The number of imide groups is 1. The third kappa shape index (κ3) is 3.20. The van der Waals surface area contributed by atoms with Crippen LogP contribution in [-0.4, -0.2) is 37.5 Å². The molecule has 1 saturated heterocycles. The zero-order chi connectivity index (χ0) is 21.1. The van der Waals surface area contributed by atoms with Crippen molar-refractivity contribution in [3.63, 3.8) is 0 Å². The third-order valence-corrected chi connectivity index (χ3v) is 5.33. The second kappa shape index (κ2) is 6.47. The van der Waals surface area contributed by atoms with Crippen molar-refractivity contribution in [2.24, 2.45) is 7.05 Å². The molecule has 0 bridgehead atoms. The first-order valence-corrected chi connectivity index (χ1v) is 9.60. The number of nitrogens with one attached hydrogen (secondary N) is 1. The maximum Gasteiger partial charge on any atom is 0.410 e. The van der Waals surface area contributed by atoms with Crippen molar-refractivity contribution in [3.8, 4) is 0 Å². The Kier molecular flexibility index (Phi) is 4.29. The smallest absolute Gasteiger partial charge is 0.410 e. The summed E-state index contributed by atoms with van der Waals surface area (Å²) in [6.45, 7) is 6.18. The van der Waals surface area contributed by atoms with Crippen LogP contribution >= 0.6 is 0 Å². The molecule has 2 aliphatic rings. The summed E-state index contributed by atoms with van der Waals surface area (Å²) in [6, 6.07) is 2.95. The number of nitrogens with zero attached hydrogens (tertiary/aromatic N) is 3. The van der Waals surface area contributed by atoms with Gasteiger partial charge in [0, 0.05) is 25.6 Å². The fraction of sp³-hybridized carbons (Fsp3) is 0.500. The topological polar surface area (TPSA) is 103 Å². The molecule has 1 N–H and O–H groups in total. The Balaban J connectivity index is 1.75. The van der Waals surface area contributed by atoms with E-state index in [1.54, 1.807) is 18.0 Å². The van der Waals surface area contributed by atoms with E-state index in [9.17, 15) is 19.2 Å². The number of benzene rings is 1. The number of amides is 3. The normalized spacial score (nSPS) is 19.4. The number of carbonyl (C=O) groups excluding carboxylic acids is 3. The van der Waals surface area contributed by atoms with Gasteiger partial charge in [0.05, 0.1) is 17.6 Å². The van der Waals surface area contributed by atoms with Crippen molar-refractivity contribution in [3.05, 3.63) is 33.7 Å². The van der Waals surface area contributed by atoms with Gasteiger partial charge >= 0.3 is 11.8 Å². The number of piperidine rings is 1. The summed E-state index contributed by atoms with van der Waals surface area (Å²) in [5, 5.41) is 2.31. The van der Waals surface area contributed by atoms with Crippen molar-refractivity contribution in [2.45, 2.75) is 58.3 Å². The lowest BCUT2D eigenvalue weighted by Gasteiger charge is -2.24. The summed E-state index contributed by atoms with van der Waals surface area (Å²) >= 11 is 0. The fourth-order valence-electron chi connectivity index (χ4n) is 4.06. The van der Waals surface area contributed by atoms with Gasteiger partial charge in [-0.25, -0.2) is 9.59 Å². The predicted octanol–water partition coefficient (Wildman–Crippen LogP) is 1.57. The van der Waals surface area contributed by atoms with Crippen LogP contribution in [-0.2, 0) is 34.5 Å². The Bertz CT molecular complexity index is 1100. The van der Waals surface area contributed by atoms with Crippen molar-refractivity contribution in [1.82, 2.24) is 19.4 Å². The number of hydrogen-bond acceptors (Lipinski definition) is 5.